The third-order valence-electron chi connectivity index (χ3n) is 4.30. The molecule has 1 atom stereocenters. The second-order valence-corrected chi connectivity index (χ2v) is 6.67. The molecule has 1 unspecified atom stereocenters. The number of nitrogens with one attached hydrogen (secondary N) is 1. The zero-order valence-corrected chi connectivity index (χ0v) is 14.9. The zero-order valence-electron chi connectivity index (χ0n) is 14.9. The van der Waals surface area contributed by atoms with E-state index in [9.17, 15) is 19.7 Å². The van der Waals surface area contributed by atoms with Crippen LogP contribution in [0.3, 0.4) is 0 Å². The van der Waals surface area contributed by atoms with Crippen LogP contribution in [-0.2, 0) is 9.53 Å². The van der Waals surface area contributed by atoms with Crippen LogP contribution in [0.15, 0.2) is 18.2 Å². The minimum Gasteiger partial charge on any atom is -0.481 e. The van der Waals surface area contributed by atoms with Gasteiger partial charge in [0.05, 0.1) is 23.5 Å². The molecule has 0 aromatic heterocycles. The predicted molar refractivity (Wildman–Crippen MR) is 94.5 cm³/mol. The van der Waals surface area contributed by atoms with E-state index in [1.165, 1.54) is 19.2 Å². The van der Waals surface area contributed by atoms with Crippen molar-refractivity contribution in [1.29, 1.82) is 0 Å². The van der Waals surface area contributed by atoms with E-state index in [-0.39, 0.29) is 24.3 Å². The van der Waals surface area contributed by atoms with Gasteiger partial charge < -0.3 is 20.1 Å². The van der Waals surface area contributed by atoms with Gasteiger partial charge >= 0.3 is 5.97 Å². The van der Waals surface area contributed by atoms with E-state index in [0.29, 0.717) is 5.69 Å². The number of benzene rings is 1. The second kappa shape index (κ2) is 8.13. The van der Waals surface area contributed by atoms with Crippen molar-refractivity contribution in [2.45, 2.75) is 31.7 Å². The molecule has 2 N–H and O–H groups in total. The van der Waals surface area contributed by atoms with Gasteiger partial charge in [-0.1, -0.05) is 0 Å². The first-order chi connectivity index (χ1) is 12.3. The van der Waals surface area contributed by atoms with Gasteiger partial charge in [-0.25, -0.2) is 0 Å². The zero-order chi connectivity index (χ0) is 19.3. The SMILES string of the molecule is COCC(C)(CC(=O)O)NC(=O)c1ccc(N2CCCC2)c([N+](=O)[O-])c1. The Morgan fingerprint density at radius 1 is 1.38 bits per heavy atom. The number of carbonyl (C=O) groups is 2. The third-order valence-corrected chi connectivity index (χ3v) is 4.30. The van der Waals surface area contributed by atoms with E-state index in [1.54, 1.807) is 13.0 Å². The summed E-state index contributed by atoms with van der Waals surface area (Å²) in [5.74, 6) is -1.66. The molecule has 9 heteroatoms. The van der Waals surface area contributed by atoms with Crippen molar-refractivity contribution in [3.05, 3.63) is 33.9 Å². The average Bonchev–Trinajstić information content (AvgIpc) is 3.07. The largest absolute Gasteiger partial charge is 0.481 e. The summed E-state index contributed by atoms with van der Waals surface area (Å²) in [5.41, 5.74) is -0.659. The molecule has 1 saturated heterocycles. The molecule has 9 nitrogen and oxygen atoms in total. The fourth-order valence-corrected chi connectivity index (χ4v) is 3.17. The number of carbonyl (C=O) groups excluding carboxylic acids is 1. The second-order valence-electron chi connectivity index (χ2n) is 6.67. The number of hydrogen-bond acceptors (Lipinski definition) is 6. The summed E-state index contributed by atoms with van der Waals surface area (Å²) in [5, 5.41) is 23.1. The van der Waals surface area contributed by atoms with Crippen molar-refractivity contribution in [3.63, 3.8) is 0 Å². The van der Waals surface area contributed by atoms with Crippen molar-refractivity contribution in [1.82, 2.24) is 5.32 Å². The van der Waals surface area contributed by atoms with Gasteiger partial charge in [0.2, 0.25) is 0 Å². The molecule has 0 radical (unpaired) electrons. The summed E-state index contributed by atoms with van der Waals surface area (Å²) < 4.78 is 5.00. The maximum absolute atomic E-state index is 12.5. The van der Waals surface area contributed by atoms with Gasteiger partial charge in [-0.2, -0.15) is 0 Å². The quantitative estimate of drug-likeness (QED) is 0.532. The van der Waals surface area contributed by atoms with Crippen LogP contribution in [0.25, 0.3) is 0 Å². The number of carboxylic acids is 1. The summed E-state index contributed by atoms with van der Waals surface area (Å²) in [6.45, 7) is 3.04. The minimum absolute atomic E-state index is 0.000997. The van der Waals surface area contributed by atoms with Crippen molar-refractivity contribution < 1.29 is 24.4 Å². The number of nitro groups is 1. The molecule has 0 spiro atoms. The summed E-state index contributed by atoms with van der Waals surface area (Å²) in [6.07, 6.45) is 1.62. The van der Waals surface area contributed by atoms with Gasteiger partial charge in [-0.15, -0.1) is 0 Å². The lowest BCUT2D eigenvalue weighted by Gasteiger charge is -2.28. The van der Waals surface area contributed by atoms with E-state index in [0.717, 1.165) is 25.9 Å². The van der Waals surface area contributed by atoms with Gasteiger partial charge in [-0.05, 0) is 31.9 Å². The molecule has 1 heterocycles. The Bertz CT molecular complexity index is 702. The molecule has 0 saturated carbocycles. The van der Waals surface area contributed by atoms with Crippen LogP contribution in [0, 0.1) is 10.1 Å². The van der Waals surface area contributed by atoms with Gasteiger partial charge in [-0.3, -0.25) is 19.7 Å². The van der Waals surface area contributed by atoms with Crippen LogP contribution < -0.4 is 10.2 Å². The number of carboxylic acid groups (broad SMARTS) is 1. The highest BCUT2D eigenvalue weighted by Crippen LogP contribution is 2.31. The summed E-state index contributed by atoms with van der Waals surface area (Å²) >= 11 is 0. The van der Waals surface area contributed by atoms with Crippen LogP contribution in [0.1, 0.15) is 36.5 Å². The average molecular weight is 365 g/mol. The molecule has 2 rings (SSSR count). The first-order valence-corrected chi connectivity index (χ1v) is 8.32. The standard InChI is InChI=1S/C17H23N3O6/c1-17(11-26-2,10-15(21)22)18-16(23)12-5-6-13(14(9-12)20(24)25)19-7-3-4-8-19/h5-6,9H,3-4,7-8,10-11H2,1-2H3,(H,18,23)(H,21,22). The van der Waals surface area contributed by atoms with E-state index in [2.05, 4.69) is 5.32 Å². The normalized spacial score (nSPS) is 16.2. The maximum Gasteiger partial charge on any atom is 0.305 e. The van der Waals surface area contributed by atoms with Gasteiger partial charge in [0.15, 0.2) is 0 Å². The highest BCUT2D eigenvalue weighted by atomic mass is 16.6. The van der Waals surface area contributed by atoms with Gasteiger partial charge in [0, 0.05) is 31.8 Å². The minimum atomic E-state index is -1.12. The first kappa shape index (κ1) is 19.6. The van der Waals surface area contributed by atoms with Crippen LogP contribution >= 0.6 is 0 Å². The lowest BCUT2D eigenvalue weighted by atomic mass is 9.98. The van der Waals surface area contributed by atoms with E-state index >= 15 is 0 Å². The van der Waals surface area contributed by atoms with Crippen molar-refractivity contribution in [3.8, 4) is 0 Å². The van der Waals surface area contributed by atoms with Gasteiger partial charge in [0.1, 0.15) is 5.69 Å². The smallest absolute Gasteiger partial charge is 0.305 e. The molecule has 1 fully saturated rings. The number of ether oxygens (including phenoxy) is 1. The fourth-order valence-electron chi connectivity index (χ4n) is 3.17. The predicted octanol–water partition coefficient (Wildman–Crippen LogP) is 1.80. The molecule has 1 aliphatic rings. The van der Waals surface area contributed by atoms with Crippen LogP contribution in [0.2, 0.25) is 0 Å². The highest BCUT2D eigenvalue weighted by molar-refractivity contribution is 5.96. The lowest BCUT2D eigenvalue weighted by Crippen LogP contribution is -2.50. The van der Waals surface area contributed by atoms with Crippen LogP contribution in [0.5, 0.6) is 0 Å². The molecular formula is C17H23N3O6. The van der Waals surface area contributed by atoms with Crippen LogP contribution in [0.4, 0.5) is 11.4 Å². The lowest BCUT2D eigenvalue weighted by molar-refractivity contribution is -0.384. The number of aliphatic carboxylic acids is 1. The molecule has 1 aromatic carbocycles. The maximum atomic E-state index is 12.5. The number of nitrogens with zero attached hydrogens (tertiary/aromatic N) is 2. The Kier molecular flexibility index (Phi) is 6.14. The number of rotatable bonds is 8. The Balaban J connectivity index is 2.26. The summed E-state index contributed by atoms with van der Waals surface area (Å²) in [6, 6.07) is 4.32. The molecule has 1 aliphatic heterocycles. The van der Waals surface area contributed by atoms with Gasteiger partial charge in [0.25, 0.3) is 11.6 Å². The summed E-state index contributed by atoms with van der Waals surface area (Å²) in [7, 11) is 1.40. The molecule has 1 aromatic rings. The number of hydrogen-bond donors (Lipinski definition) is 2. The van der Waals surface area contributed by atoms with Crippen molar-refractivity contribution >= 4 is 23.3 Å². The van der Waals surface area contributed by atoms with Crippen LogP contribution in [-0.4, -0.2) is 54.3 Å². The Hall–Kier alpha value is -2.68. The molecule has 142 valence electrons. The Morgan fingerprint density at radius 3 is 2.58 bits per heavy atom. The number of nitro benzene ring substituents is 1. The molecule has 0 bridgehead atoms. The summed E-state index contributed by atoms with van der Waals surface area (Å²) in [4.78, 5) is 36.4. The van der Waals surface area contributed by atoms with E-state index in [1.807, 2.05) is 4.90 Å². The topological polar surface area (TPSA) is 122 Å². The molecule has 26 heavy (non-hydrogen) atoms. The number of methoxy groups -OCH3 is 1. The van der Waals surface area contributed by atoms with Crippen molar-refractivity contribution in [2.75, 3.05) is 31.7 Å². The van der Waals surface area contributed by atoms with E-state index in [4.69, 9.17) is 9.84 Å². The monoisotopic (exact) mass is 365 g/mol. The first-order valence-electron chi connectivity index (χ1n) is 8.32. The highest BCUT2D eigenvalue weighted by Gasteiger charge is 2.31. The Labute approximate surface area is 151 Å². The molecule has 1 amide bonds. The fraction of sp³-hybridized carbons (Fsp3) is 0.529. The van der Waals surface area contributed by atoms with Crippen molar-refractivity contribution in [2.24, 2.45) is 0 Å². The molecular weight excluding hydrogens is 342 g/mol. The van der Waals surface area contributed by atoms with E-state index < -0.39 is 22.3 Å². The Morgan fingerprint density at radius 2 is 2.04 bits per heavy atom. The number of anilines is 1. The molecule has 0 aliphatic carbocycles. The third kappa shape index (κ3) is 4.69. The number of amides is 1.